The highest BCUT2D eigenvalue weighted by Gasteiger charge is 2.38. The van der Waals surface area contributed by atoms with Gasteiger partial charge in [-0.1, -0.05) is 26.8 Å². The molecule has 130 valence electrons. The van der Waals surface area contributed by atoms with Gasteiger partial charge in [0.05, 0.1) is 18.8 Å². The quantitative estimate of drug-likeness (QED) is 0.631. The number of aromatic nitrogens is 1. The Bertz CT molecular complexity index is 487. The Kier molecular flexibility index (Phi) is 6.00. The van der Waals surface area contributed by atoms with Crippen LogP contribution in [-0.2, 0) is 9.16 Å². The Morgan fingerprint density at radius 1 is 1.39 bits per heavy atom. The number of pyridine rings is 1. The van der Waals surface area contributed by atoms with Gasteiger partial charge in [0, 0.05) is 24.9 Å². The minimum atomic E-state index is -1.68. The van der Waals surface area contributed by atoms with Crippen LogP contribution in [0, 0.1) is 5.92 Å². The molecule has 0 aliphatic carbocycles. The van der Waals surface area contributed by atoms with Gasteiger partial charge in [-0.25, -0.2) is 0 Å². The average molecular weight is 338 g/mol. The van der Waals surface area contributed by atoms with E-state index >= 15 is 0 Å². The van der Waals surface area contributed by atoms with Gasteiger partial charge in [0.1, 0.15) is 0 Å². The highest BCUT2D eigenvalue weighted by Crippen LogP contribution is 2.39. The molecule has 1 aliphatic rings. The van der Waals surface area contributed by atoms with E-state index in [-0.39, 0.29) is 17.1 Å². The maximum Gasteiger partial charge on any atom is 0.191 e. The molecule has 0 aromatic carbocycles. The van der Waals surface area contributed by atoms with Crippen molar-refractivity contribution in [1.29, 1.82) is 0 Å². The molecule has 0 unspecified atom stereocenters. The lowest BCUT2D eigenvalue weighted by Gasteiger charge is -2.36. The topological polar surface area (TPSA) is 51.6 Å². The zero-order valence-electron chi connectivity index (χ0n) is 15.1. The smallest absolute Gasteiger partial charge is 0.191 e. The van der Waals surface area contributed by atoms with Crippen molar-refractivity contribution in [2.24, 2.45) is 5.92 Å². The van der Waals surface area contributed by atoms with Gasteiger partial charge in [-0.15, -0.1) is 0 Å². The zero-order valence-corrected chi connectivity index (χ0v) is 16.1. The fraction of sp³-hybridized carbons (Fsp3) is 0.722. The van der Waals surface area contributed by atoms with Crippen LogP contribution in [0.5, 0.6) is 0 Å². The Balaban J connectivity index is 1.86. The molecule has 1 fully saturated rings. The van der Waals surface area contributed by atoms with Crippen molar-refractivity contribution >= 4 is 8.32 Å². The predicted molar refractivity (Wildman–Crippen MR) is 94.8 cm³/mol. The van der Waals surface area contributed by atoms with Crippen LogP contribution in [0.25, 0.3) is 0 Å². The highest BCUT2D eigenvalue weighted by atomic mass is 28.4. The molecule has 23 heavy (non-hydrogen) atoms. The summed E-state index contributed by atoms with van der Waals surface area (Å²) in [5.41, 5.74) is 1.05. The second kappa shape index (κ2) is 7.43. The van der Waals surface area contributed by atoms with Crippen LogP contribution in [0.3, 0.4) is 0 Å². The Morgan fingerprint density at radius 3 is 2.74 bits per heavy atom. The minimum Gasteiger partial charge on any atom is -0.417 e. The third-order valence-corrected chi connectivity index (χ3v) is 9.83. The number of aliphatic hydroxyl groups excluding tert-OH is 1. The van der Waals surface area contributed by atoms with E-state index in [9.17, 15) is 5.11 Å². The molecule has 3 atom stereocenters. The highest BCUT2D eigenvalue weighted by molar-refractivity contribution is 6.74. The fourth-order valence-corrected chi connectivity index (χ4v) is 3.83. The summed E-state index contributed by atoms with van der Waals surface area (Å²) in [6.07, 6.45) is 5.02. The molecule has 4 nitrogen and oxygen atoms in total. The molecule has 2 heterocycles. The summed E-state index contributed by atoms with van der Waals surface area (Å²) in [5.74, 6) is 0.127. The van der Waals surface area contributed by atoms with Crippen LogP contribution in [0.2, 0.25) is 18.1 Å². The molecule has 0 spiro atoms. The van der Waals surface area contributed by atoms with Gasteiger partial charge < -0.3 is 14.3 Å². The molecule has 1 aromatic heterocycles. The van der Waals surface area contributed by atoms with E-state index < -0.39 is 14.4 Å². The van der Waals surface area contributed by atoms with Gasteiger partial charge in [-0.05, 0) is 42.6 Å². The van der Waals surface area contributed by atoms with Crippen LogP contribution in [0.15, 0.2) is 24.5 Å². The van der Waals surface area contributed by atoms with Crippen LogP contribution in [-0.4, -0.2) is 37.7 Å². The Hall–Kier alpha value is -0.753. The number of aliphatic hydroxyl groups is 1. The number of nitrogens with zero attached hydrogens (tertiary/aromatic N) is 1. The molecular formula is C18H31NO3Si. The maximum atomic E-state index is 10.2. The molecule has 1 aromatic rings. The van der Waals surface area contributed by atoms with Crippen molar-refractivity contribution in [3.05, 3.63) is 30.1 Å². The van der Waals surface area contributed by atoms with E-state index in [0.717, 1.165) is 25.0 Å². The van der Waals surface area contributed by atoms with E-state index in [1.54, 1.807) is 6.20 Å². The first-order valence-corrected chi connectivity index (χ1v) is 11.5. The van der Waals surface area contributed by atoms with Crippen LogP contribution < -0.4 is 0 Å². The van der Waals surface area contributed by atoms with Gasteiger partial charge in [-0.3, -0.25) is 4.98 Å². The van der Waals surface area contributed by atoms with Crippen molar-refractivity contribution in [3.63, 3.8) is 0 Å². The van der Waals surface area contributed by atoms with Gasteiger partial charge in [-0.2, -0.15) is 0 Å². The lowest BCUT2D eigenvalue weighted by atomic mass is 9.90. The van der Waals surface area contributed by atoms with Gasteiger partial charge in [0.25, 0.3) is 0 Å². The zero-order chi connectivity index (χ0) is 17.1. The summed E-state index contributed by atoms with van der Waals surface area (Å²) in [6.45, 7) is 12.5. The van der Waals surface area contributed by atoms with Crippen LogP contribution >= 0.6 is 0 Å². The summed E-state index contributed by atoms with van der Waals surface area (Å²) in [5, 5.41) is 10.5. The molecule has 5 heteroatoms. The first kappa shape index (κ1) is 18.6. The van der Waals surface area contributed by atoms with E-state index in [1.165, 1.54) is 0 Å². The summed E-state index contributed by atoms with van der Waals surface area (Å²) >= 11 is 0. The number of ether oxygens (including phenoxy) is 1. The van der Waals surface area contributed by atoms with Crippen LogP contribution in [0.4, 0.5) is 0 Å². The summed E-state index contributed by atoms with van der Waals surface area (Å²) in [6, 6.07) is 3.94. The third kappa shape index (κ3) is 4.63. The number of rotatable bonds is 6. The molecule has 1 N–H and O–H groups in total. The fourth-order valence-electron chi connectivity index (χ4n) is 2.75. The molecule has 0 saturated carbocycles. The van der Waals surface area contributed by atoms with Gasteiger partial charge in [0.15, 0.2) is 8.32 Å². The first-order chi connectivity index (χ1) is 10.7. The third-order valence-electron chi connectivity index (χ3n) is 5.29. The van der Waals surface area contributed by atoms with E-state index in [0.29, 0.717) is 6.61 Å². The minimum absolute atomic E-state index is 0.0495. The number of hydrogen-bond acceptors (Lipinski definition) is 4. The monoisotopic (exact) mass is 337 g/mol. The standard InChI is InChI=1S/C18H31NO3Si/c1-18(2,3)23(4,5)22-11-7-9-15-16(20)13-21-17(15)14-8-6-10-19-12-14/h6,8,10,12,15-17,20H,7,9,11,13H2,1-5H3/t15-,16-,17+/m0/s1. The SMILES string of the molecule is CC(C)(C)[Si](C)(C)OCCC[C@@H]1[C@@H](c2cccnc2)OC[C@@H]1O. The lowest BCUT2D eigenvalue weighted by Crippen LogP contribution is -2.41. The van der Waals surface area contributed by atoms with Crippen LogP contribution in [0.1, 0.15) is 45.3 Å². The van der Waals surface area contributed by atoms with Crippen molar-refractivity contribution in [3.8, 4) is 0 Å². The average Bonchev–Trinajstić information content (AvgIpc) is 2.84. The molecule has 2 rings (SSSR count). The molecule has 0 radical (unpaired) electrons. The normalized spacial score (nSPS) is 25.7. The second-order valence-electron chi connectivity index (χ2n) is 8.02. The predicted octanol–water partition coefficient (Wildman–Crippen LogP) is 3.93. The Morgan fingerprint density at radius 2 is 2.13 bits per heavy atom. The lowest BCUT2D eigenvalue weighted by molar-refractivity contribution is 0.0840. The largest absolute Gasteiger partial charge is 0.417 e. The first-order valence-electron chi connectivity index (χ1n) is 8.56. The Labute approximate surface area is 141 Å². The van der Waals surface area contributed by atoms with E-state index in [4.69, 9.17) is 9.16 Å². The molecule has 1 aliphatic heterocycles. The van der Waals surface area contributed by atoms with Crippen molar-refractivity contribution in [1.82, 2.24) is 4.98 Å². The number of hydrogen-bond donors (Lipinski definition) is 1. The van der Waals surface area contributed by atoms with Gasteiger partial charge >= 0.3 is 0 Å². The van der Waals surface area contributed by atoms with Crippen molar-refractivity contribution < 1.29 is 14.3 Å². The van der Waals surface area contributed by atoms with E-state index in [2.05, 4.69) is 38.8 Å². The summed E-state index contributed by atoms with van der Waals surface area (Å²) < 4.78 is 12.0. The summed E-state index contributed by atoms with van der Waals surface area (Å²) in [4.78, 5) is 4.16. The van der Waals surface area contributed by atoms with Gasteiger partial charge in [0.2, 0.25) is 0 Å². The molecular weight excluding hydrogens is 306 g/mol. The molecule has 0 amide bonds. The second-order valence-corrected chi connectivity index (χ2v) is 12.8. The molecule has 1 saturated heterocycles. The van der Waals surface area contributed by atoms with E-state index in [1.807, 2.05) is 18.3 Å². The summed E-state index contributed by atoms with van der Waals surface area (Å²) in [7, 11) is -1.68. The molecule has 0 bridgehead atoms. The van der Waals surface area contributed by atoms with Crippen molar-refractivity contribution in [2.75, 3.05) is 13.2 Å². The van der Waals surface area contributed by atoms with Crippen molar-refractivity contribution in [2.45, 2.75) is 64.0 Å². The maximum absolute atomic E-state index is 10.2.